The Bertz CT molecular complexity index is 284. The average molecular weight is 339 g/mol. The lowest BCUT2D eigenvalue weighted by Gasteiger charge is -2.03. The Hall–Kier alpha value is -0.790. The maximum Gasteiger partial charge on any atom is 0.303 e. The average Bonchev–Trinajstić information content (AvgIpc) is 2.56. The van der Waals surface area contributed by atoms with Gasteiger partial charge >= 0.3 is 5.97 Å². The van der Waals surface area contributed by atoms with Gasteiger partial charge in [-0.2, -0.15) is 0 Å². The predicted octanol–water partition coefficient (Wildman–Crippen LogP) is 7.67. The summed E-state index contributed by atoms with van der Waals surface area (Å²) in [6.07, 6.45) is 27.2. The molecule has 1 N–H and O–H groups in total. The fourth-order valence-corrected chi connectivity index (χ4v) is 3.12. The Labute approximate surface area is 151 Å². The summed E-state index contributed by atoms with van der Waals surface area (Å²) in [6.45, 7) is 2.20. The van der Waals surface area contributed by atoms with Crippen LogP contribution in [0.5, 0.6) is 0 Å². The van der Waals surface area contributed by atoms with Crippen LogP contribution in [-0.2, 0) is 4.79 Å². The maximum absolute atomic E-state index is 10.4. The Morgan fingerprint density at radius 3 is 1.38 bits per heavy atom. The van der Waals surface area contributed by atoms with E-state index in [0.717, 1.165) is 12.8 Å². The van der Waals surface area contributed by atoms with Crippen LogP contribution in [0.4, 0.5) is 0 Å². The number of carboxylic acids is 1. The summed E-state index contributed by atoms with van der Waals surface area (Å²) in [5.74, 6) is -0.654. The third kappa shape index (κ3) is 21.2. The fraction of sp³-hybridized carbons (Fsp3) is 0.864. The SMILES string of the molecule is CCC=CCCCCCCCCCCCCCCCCCC(=O)O. The van der Waals surface area contributed by atoms with Gasteiger partial charge in [0.25, 0.3) is 0 Å². The van der Waals surface area contributed by atoms with Crippen LogP contribution in [0.15, 0.2) is 12.2 Å². The van der Waals surface area contributed by atoms with Gasteiger partial charge in [0, 0.05) is 6.42 Å². The second-order valence-electron chi connectivity index (χ2n) is 7.12. The minimum Gasteiger partial charge on any atom is -0.481 e. The topological polar surface area (TPSA) is 37.3 Å². The highest BCUT2D eigenvalue weighted by atomic mass is 16.4. The molecule has 0 aliphatic heterocycles. The molecular weight excluding hydrogens is 296 g/mol. The zero-order valence-electron chi connectivity index (χ0n) is 16.2. The van der Waals surface area contributed by atoms with E-state index >= 15 is 0 Å². The molecule has 0 rings (SSSR count). The molecule has 0 amide bonds. The largest absolute Gasteiger partial charge is 0.481 e. The van der Waals surface area contributed by atoms with E-state index in [2.05, 4.69) is 19.1 Å². The van der Waals surface area contributed by atoms with E-state index in [9.17, 15) is 4.79 Å². The van der Waals surface area contributed by atoms with Crippen molar-refractivity contribution >= 4 is 5.97 Å². The van der Waals surface area contributed by atoms with Crippen molar-refractivity contribution in [2.45, 2.75) is 122 Å². The maximum atomic E-state index is 10.4. The van der Waals surface area contributed by atoms with Crippen molar-refractivity contribution in [3.05, 3.63) is 12.2 Å². The molecule has 0 heterocycles. The molecule has 0 aliphatic carbocycles. The molecule has 0 atom stereocenters. The Morgan fingerprint density at radius 1 is 0.625 bits per heavy atom. The highest BCUT2D eigenvalue weighted by Gasteiger charge is 1.97. The predicted molar refractivity (Wildman–Crippen MR) is 106 cm³/mol. The molecule has 0 fully saturated rings. The molecule has 0 spiro atoms. The molecular formula is C22H42O2. The molecule has 24 heavy (non-hydrogen) atoms. The van der Waals surface area contributed by atoms with Gasteiger partial charge in [0.2, 0.25) is 0 Å². The molecule has 0 saturated heterocycles. The smallest absolute Gasteiger partial charge is 0.303 e. The quantitative estimate of drug-likeness (QED) is 0.194. The standard InChI is InChI=1S/C22H42O2/c1-2-3-4-5-6-7-8-9-10-11-12-13-14-15-16-17-18-19-20-21-22(23)24/h3-4H,2,5-21H2,1H3,(H,23,24). The molecule has 0 unspecified atom stereocenters. The summed E-state index contributed by atoms with van der Waals surface area (Å²) in [6, 6.07) is 0. The summed E-state index contributed by atoms with van der Waals surface area (Å²) >= 11 is 0. The molecule has 0 aliphatic rings. The van der Waals surface area contributed by atoms with Gasteiger partial charge < -0.3 is 5.11 Å². The fourth-order valence-electron chi connectivity index (χ4n) is 3.12. The summed E-state index contributed by atoms with van der Waals surface area (Å²) in [5, 5.41) is 8.55. The van der Waals surface area contributed by atoms with E-state index in [1.165, 1.54) is 96.3 Å². The van der Waals surface area contributed by atoms with Crippen LogP contribution in [0.25, 0.3) is 0 Å². The number of aliphatic carboxylic acids is 1. The Morgan fingerprint density at radius 2 is 1.00 bits per heavy atom. The normalized spacial score (nSPS) is 11.4. The van der Waals surface area contributed by atoms with E-state index in [4.69, 9.17) is 5.11 Å². The first kappa shape index (κ1) is 23.2. The van der Waals surface area contributed by atoms with Crippen LogP contribution in [0.2, 0.25) is 0 Å². The minimum absolute atomic E-state index is 0.343. The van der Waals surface area contributed by atoms with E-state index in [1.807, 2.05) is 0 Å². The van der Waals surface area contributed by atoms with Crippen molar-refractivity contribution in [3.8, 4) is 0 Å². The first-order valence-corrected chi connectivity index (χ1v) is 10.6. The van der Waals surface area contributed by atoms with E-state index in [0.29, 0.717) is 6.42 Å². The lowest BCUT2D eigenvalue weighted by molar-refractivity contribution is -0.137. The van der Waals surface area contributed by atoms with E-state index in [1.54, 1.807) is 0 Å². The van der Waals surface area contributed by atoms with Gasteiger partial charge in [-0.05, 0) is 25.7 Å². The second kappa shape index (κ2) is 20.3. The van der Waals surface area contributed by atoms with Crippen molar-refractivity contribution in [2.75, 3.05) is 0 Å². The van der Waals surface area contributed by atoms with Crippen LogP contribution in [0.1, 0.15) is 122 Å². The molecule has 0 aromatic heterocycles. The number of hydrogen-bond donors (Lipinski definition) is 1. The Kier molecular flexibility index (Phi) is 19.6. The highest BCUT2D eigenvalue weighted by molar-refractivity contribution is 5.66. The van der Waals surface area contributed by atoms with Crippen LogP contribution in [-0.4, -0.2) is 11.1 Å². The molecule has 0 radical (unpaired) electrons. The summed E-state index contributed by atoms with van der Waals surface area (Å²) in [4.78, 5) is 10.4. The van der Waals surface area contributed by atoms with Crippen molar-refractivity contribution < 1.29 is 9.90 Å². The van der Waals surface area contributed by atoms with Crippen molar-refractivity contribution in [1.82, 2.24) is 0 Å². The van der Waals surface area contributed by atoms with Gasteiger partial charge in [0.1, 0.15) is 0 Å². The van der Waals surface area contributed by atoms with Crippen LogP contribution < -0.4 is 0 Å². The molecule has 142 valence electrons. The minimum atomic E-state index is -0.654. The number of carbonyl (C=O) groups is 1. The monoisotopic (exact) mass is 338 g/mol. The van der Waals surface area contributed by atoms with E-state index in [-0.39, 0.29) is 0 Å². The number of hydrogen-bond acceptors (Lipinski definition) is 1. The van der Waals surface area contributed by atoms with Crippen LogP contribution >= 0.6 is 0 Å². The number of rotatable bonds is 19. The third-order valence-electron chi connectivity index (χ3n) is 4.66. The van der Waals surface area contributed by atoms with E-state index < -0.39 is 5.97 Å². The van der Waals surface area contributed by atoms with Crippen LogP contribution in [0, 0.1) is 0 Å². The molecule has 0 aromatic rings. The molecule has 0 saturated carbocycles. The number of unbranched alkanes of at least 4 members (excludes halogenated alkanes) is 15. The first-order valence-electron chi connectivity index (χ1n) is 10.6. The van der Waals surface area contributed by atoms with Gasteiger partial charge in [-0.25, -0.2) is 0 Å². The molecule has 2 heteroatoms. The third-order valence-corrected chi connectivity index (χ3v) is 4.66. The molecule has 2 nitrogen and oxygen atoms in total. The lowest BCUT2D eigenvalue weighted by atomic mass is 10.0. The number of allylic oxidation sites excluding steroid dienone is 2. The second-order valence-corrected chi connectivity index (χ2v) is 7.12. The highest BCUT2D eigenvalue weighted by Crippen LogP contribution is 2.14. The van der Waals surface area contributed by atoms with Gasteiger partial charge in [-0.15, -0.1) is 0 Å². The zero-order chi connectivity index (χ0) is 17.7. The molecule has 0 bridgehead atoms. The van der Waals surface area contributed by atoms with Gasteiger partial charge in [0.15, 0.2) is 0 Å². The van der Waals surface area contributed by atoms with Crippen molar-refractivity contribution in [2.24, 2.45) is 0 Å². The summed E-state index contributed by atoms with van der Waals surface area (Å²) in [5.41, 5.74) is 0. The van der Waals surface area contributed by atoms with Gasteiger partial charge in [-0.3, -0.25) is 4.79 Å². The van der Waals surface area contributed by atoms with Crippen molar-refractivity contribution in [3.63, 3.8) is 0 Å². The molecule has 0 aromatic carbocycles. The zero-order valence-corrected chi connectivity index (χ0v) is 16.2. The van der Waals surface area contributed by atoms with Crippen LogP contribution in [0.3, 0.4) is 0 Å². The number of carboxylic acid groups (broad SMARTS) is 1. The van der Waals surface area contributed by atoms with Crippen molar-refractivity contribution in [1.29, 1.82) is 0 Å². The summed E-state index contributed by atoms with van der Waals surface area (Å²) in [7, 11) is 0. The van der Waals surface area contributed by atoms with Gasteiger partial charge in [0.05, 0.1) is 0 Å². The first-order chi connectivity index (χ1) is 11.8. The van der Waals surface area contributed by atoms with Gasteiger partial charge in [-0.1, -0.05) is 103 Å². The summed E-state index contributed by atoms with van der Waals surface area (Å²) < 4.78 is 0. The lowest BCUT2D eigenvalue weighted by Crippen LogP contribution is -1.93. The Balaban J connectivity index is 3.00.